The topological polar surface area (TPSA) is 94.2 Å². The highest BCUT2D eigenvalue weighted by Gasteiger charge is 2.47. The van der Waals surface area contributed by atoms with Crippen LogP contribution in [0.2, 0.25) is 0 Å². The first-order valence-electron chi connectivity index (χ1n) is 13.2. The van der Waals surface area contributed by atoms with Gasteiger partial charge in [-0.2, -0.15) is 0 Å². The Bertz CT molecular complexity index is 1130. The second-order valence-corrected chi connectivity index (χ2v) is 11.3. The van der Waals surface area contributed by atoms with Gasteiger partial charge in [0, 0.05) is 18.5 Å². The van der Waals surface area contributed by atoms with E-state index in [0.29, 0.717) is 17.4 Å². The van der Waals surface area contributed by atoms with E-state index < -0.39 is 17.7 Å². The Morgan fingerprint density at radius 1 is 1.03 bits per heavy atom. The summed E-state index contributed by atoms with van der Waals surface area (Å²) in [6.45, 7) is 8.46. The highest BCUT2D eigenvalue weighted by molar-refractivity contribution is 5.89. The van der Waals surface area contributed by atoms with E-state index in [1.165, 1.54) is 25.5 Å². The van der Waals surface area contributed by atoms with Crippen LogP contribution in [0.25, 0.3) is 0 Å². The molecule has 1 N–H and O–H groups in total. The zero-order valence-corrected chi connectivity index (χ0v) is 22.9. The van der Waals surface area contributed by atoms with E-state index in [1.54, 1.807) is 24.3 Å². The molecule has 2 amide bonds. The third kappa shape index (κ3) is 7.49. The number of hydrogen-bond acceptors (Lipinski definition) is 6. The number of alkyl carbamates (subject to hydrolysis) is 1. The number of nitrogens with zero attached hydrogens (tertiary/aromatic N) is 1. The summed E-state index contributed by atoms with van der Waals surface area (Å²) < 4.78 is 15.8. The summed E-state index contributed by atoms with van der Waals surface area (Å²) in [4.78, 5) is 38.7. The van der Waals surface area contributed by atoms with Gasteiger partial charge in [-0.1, -0.05) is 36.4 Å². The molecule has 0 radical (unpaired) electrons. The molecule has 4 rings (SSSR count). The molecule has 204 valence electrons. The van der Waals surface area contributed by atoms with E-state index in [-0.39, 0.29) is 24.8 Å². The van der Waals surface area contributed by atoms with Gasteiger partial charge < -0.3 is 24.4 Å². The molecule has 0 spiro atoms. The molecule has 8 nitrogen and oxygen atoms in total. The highest BCUT2D eigenvalue weighted by atomic mass is 16.6. The fraction of sp³-hybridized carbons (Fsp3) is 0.500. The zero-order chi connectivity index (χ0) is 27.4. The lowest BCUT2D eigenvalue weighted by molar-refractivity contribution is 0.0220. The highest BCUT2D eigenvalue weighted by Crippen LogP contribution is 2.46. The first-order chi connectivity index (χ1) is 18.0. The SMILES string of the molecule is COC(=O)c1ccc([C@H](C)NC(=O)OCc2ccc(C3C[C@@H]3N(CC3CC3)C(=O)OC(C)(C)C)cc2)cc1. The molecule has 2 fully saturated rings. The molecule has 8 heteroatoms. The van der Waals surface area contributed by atoms with Crippen LogP contribution in [-0.4, -0.2) is 48.4 Å². The summed E-state index contributed by atoms with van der Waals surface area (Å²) in [6.07, 6.45) is 2.55. The Kier molecular flexibility index (Phi) is 8.29. The van der Waals surface area contributed by atoms with Crippen LogP contribution >= 0.6 is 0 Å². The minimum absolute atomic E-state index is 0.153. The van der Waals surface area contributed by atoms with Gasteiger partial charge in [0.15, 0.2) is 0 Å². The molecule has 2 aromatic carbocycles. The maximum Gasteiger partial charge on any atom is 0.410 e. The van der Waals surface area contributed by atoms with Gasteiger partial charge in [0.05, 0.1) is 18.7 Å². The van der Waals surface area contributed by atoms with Gasteiger partial charge in [0.25, 0.3) is 0 Å². The molecule has 3 atom stereocenters. The first kappa shape index (κ1) is 27.5. The van der Waals surface area contributed by atoms with Crippen molar-refractivity contribution >= 4 is 18.2 Å². The largest absolute Gasteiger partial charge is 0.465 e. The van der Waals surface area contributed by atoms with Gasteiger partial charge >= 0.3 is 18.2 Å². The predicted molar refractivity (Wildman–Crippen MR) is 143 cm³/mol. The molecule has 0 heterocycles. The van der Waals surface area contributed by atoms with E-state index in [9.17, 15) is 14.4 Å². The van der Waals surface area contributed by atoms with E-state index >= 15 is 0 Å². The fourth-order valence-corrected chi connectivity index (χ4v) is 4.47. The Balaban J connectivity index is 1.26. The Hall–Kier alpha value is -3.55. The number of esters is 1. The quantitative estimate of drug-likeness (QED) is 0.322. The van der Waals surface area contributed by atoms with Gasteiger partial charge in [-0.05, 0) is 81.7 Å². The Morgan fingerprint density at radius 2 is 1.68 bits per heavy atom. The van der Waals surface area contributed by atoms with Crippen molar-refractivity contribution in [2.75, 3.05) is 13.7 Å². The molecule has 38 heavy (non-hydrogen) atoms. The number of methoxy groups -OCH3 is 1. The normalized spacial score (nSPS) is 19.2. The van der Waals surface area contributed by atoms with Crippen molar-refractivity contribution < 1.29 is 28.6 Å². The van der Waals surface area contributed by atoms with Crippen molar-refractivity contribution in [3.63, 3.8) is 0 Å². The summed E-state index contributed by atoms with van der Waals surface area (Å²) in [6, 6.07) is 14.8. The molecule has 2 saturated carbocycles. The number of carbonyl (C=O) groups is 3. The van der Waals surface area contributed by atoms with Crippen LogP contribution in [0.4, 0.5) is 9.59 Å². The molecule has 2 aliphatic carbocycles. The monoisotopic (exact) mass is 522 g/mol. The van der Waals surface area contributed by atoms with E-state index in [0.717, 1.165) is 24.1 Å². The summed E-state index contributed by atoms with van der Waals surface area (Å²) >= 11 is 0. The molecule has 0 aliphatic heterocycles. The van der Waals surface area contributed by atoms with E-state index in [4.69, 9.17) is 14.2 Å². The average molecular weight is 523 g/mol. The van der Waals surface area contributed by atoms with Gasteiger partial charge in [0.2, 0.25) is 0 Å². The molecule has 0 saturated heterocycles. The summed E-state index contributed by atoms with van der Waals surface area (Å²) in [7, 11) is 1.34. The lowest BCUT2D eigenvalue weighted by Gasteiger charge is -2.28. The van der Waals surface area contributed by atoms with Crippen molar-refractivity contribution in [3.05, 3.63) is 70.8 Å². The minimum atomic E-state index is -0.519. The number of nitrogens with one attached hydrogen (secondary N) is 1. The molecule has 1 unspecified atom stereocenters. The van der Waals surface area contributed by atoms with Crippen LogP contribution in [-0.2, 0) is 20.8 Å². The molecule has 2 aliphatic rings. The van der Waals surface area contributed by atoms with Crippen LogP contribution < -0.4 is 5.32 Å². The van der Waals surface area contributed by atoms with Crippen LogP contribution in [0.1, 0.15) is 86.0 Å². The maximum atomic E-state index is 12.8. The Labute approximate surface area is 224 Å². The number of hydrogen-bond donors (Lipinski definition) is 1. The second kappa shape index (κ2) is 11.5. The number of benzene rings is 2. The lowest BCUT2D eigenvalue weighted by Crippen LogP contribution is -2.40. The molecule has 2 aromatic rings. The standard InChI is InChI=1S/C30H38N2O6/c1-19(22-12-14-24(15-13-22)27(33)36-5)31-28(34)37-18-21-8-10-23(11-9-21)25-16-26(25)32(17-20-6-7-20)29(35)38-30(2,3)4/h8-15,19-20,25-26H,6-7,16-18H2,1-5H3,(H,31,34)/t19-,25?,26-/m0/s1. The molecule has 0 aromatic heterocycles. The number of ether oxygens (including phenoxy) is 3. The van der Waals surface area contributed by atoms with Crippen LogP contribution in [0, 0.1) is 5.92 Å². The van der Waals surface area contributed by atoms with Crippen molar-refractivity contribution in [2.45, 2.75) is 77.2 Å². The molecular formula is C30H38N2O6. The third-order valence-corrected chi connectivity index (χ3v) is 6.88. The van der Waals surface area contributed by atoms with Crippen molar-refractivity contribution in [3.8, 4) is 0 Å². The van der Waals surface area contributed by atoms with Gasteiger partial charge in [-0.25, -0.2) is 14.4 Å². The minimum Gasteiger partial charge on any atom is -0.465 e. The smallest absolute Gasteiger partial charge is 0.410 e. The fourth-order valence-electron chi connectivity index (χ4n) is 4.47. The van der Waals surface area contributed by atoms with Gasteiger partial charge in [0.1, 0.15) is 12.2 Å². The summed E-state index contributed by atoms with van der Waals surface area (Å²) in [5.41, 5.74) is 2.85. The zero-order valence-electron chi connectivity index (χ0n) is 22.9. The predicted octanol–water partition coefficient (Wildman–Crippen LogP) is 5.96. The van der Waals surface area contributed by atoms with Crippen molar-refractivity contribution in [1.29, 1.82) is 0 Å². The second-order valence-electron chi connectivity index (χ2n) is 11.3. The maximum absolute atomic E-state index is 12.8. The third-order valence-electron chi connectivity index (χ3n) is 6.88. The van der Waals surface area contributed by atoms with E-state index in [1.807, 2.05) is 44.7 Å². The van der Waals surface area contributed by atoms with E-state index in [2.05, 4.69) is 17.4 Å². The van der Waals surface area contributed by atoms with Gasteiger partial charge in [-0.15, -0.1) is 0 Å². The van der Waals surface area contributed by atoms with Crippen LogP contribution in [0.5, 0.6) is 0 Å². The molecular weight excluding hydrogens is 484 g/mol. The van der Waals surface area contributed by atoms with Crippen molar-refractivity contribution in [2.24, 2.45) is 5.92 Å². The number of carbonyl (C=O) groups excluding carboxylic acids is 3. The number of amides is 2. The first-order valence-corrected chi connectivity index (χ1v) is 13.2. The average Bonchev–Trinajstić information content (AvgIpc) is 3.80. The van der Waals surface area contributed by atoms with Crippen LogP contribution in [0.15, 0.2) is 48.5 Å². The molecule has 0 bridgehead atoms. The Morgan fingerprint density at radius 3 is 2.26 bits per heavy atom. The summed E-state index contributed by atoms with van der Waals surface area (Å²) in [5, 5.41) is 2.81. The summed E-state index contributed by atoms with van der Waals surface area (Å²) in [5.74, 6) is 0.487. The van der Waals surface area contributed by atoms with Gasteiger partial charge in [-0.3, -0.25) is 0 Å². The van der Waals surface area contributed by atoms with Crippen molar-refractivity contribution in [1.82, 2.24) is 10.2 Å². The lowest BCUT2D eigenvalue weighted by atomic mass is 10.1. The number of rotatable bonds is 9. The van der Waals surface area contributed by atoms with Crippen LogP contribution in [0.3, 0.4) is 0 Å².